The van der Waals surface area contributed by atoms with E-state index in [4.69, 9.17) is 0 Å². The third-order valence-electron chi connectivity index (χ3n) is 6.49. The maximum atomic E-state index is 15.2. The van der Waals surface area contributed by atoms with Crippen LogP contribution >= 0.6 is 12.4 Å². The summed E-state index contributed by atoms with van der Waals surface area (Å²) in [5.74, 6) is 0.306. The van der Waals surface area contributed by atoms with Gasteiger partial charge in [-0.3, -0.25) is 0 Å². The number of nitrogens with one attached hydrogen (secondary N) is 1. The fraction of sp³-hybridized carbons (Fsp3) is 0.680. The predicted molar refractivity (Wildman–Crippen MR) is 122 cm³/mol. The molecule has 0 aromatic heterocycles. The third-order valence-corrected chi connectivity index (χ3v) is 6.49. The first-order valence-corrected chi connectivity index (χ1v) is 10.9. The molecule has 0 amide bonds. The minimum absolute atomic E-state index is 0. The van der Waals surface area contributed by atoms with Crippen molar-refractivity contribution in [2.75, 3.05) is 6.54 Å². The van der Waals surface area contributed by atoms with Crippen molar-refractivity contribution in [3.05, 3.63) is 41.2 Å². The van der Waals surface area contributed by atoms with Crippen LogP contribution < -0.4 is 5.32 Å². The first kappa shape index (κ1) is 23.4. The predicted octanol–water partition coefficient (Wildman–Crippen LogP) is 7.50. The molecule has 1 aromatic rings. The van der Waals surface area contributed by atoms with Crippen LogP contribution in [-0.4, -0.2) is 12.6 Å². The topological polar surface area (TPSA) is 12.0 Å². The first-order valence-electron chi connectivity index (χ1n) is 10.9. The summed E-state index contributed by atoms with van der Waals surface area (Å²) in [5, 5.41) is 3.62. The van der Waals surface area contributed by atoms with Gasteiger partial charge in [0.05, 0.1) is 0 Å². The van der Waals surface area contributed by atoms with Gasteiger partial charge in [-0.15, -0.1) is 12.4 Å². The second kappa shape index (κ2) is 9.30. The summed E-state index contributed by atoms with van der Waals surface area (Å²) in [7, 11) is 0. The van der Waals surface area contributed by atoms with Gasteiger partial charge in [-0.1, -0.05) is 65.7 Å². The zero-order valence-electron chi connectivity index (χ0n) is 18.4. The number of hydrogen-bond acceptors (Lipinski definition) is 1. The Morgan fingerprint density at radius 3 is 2.43 bits per heavy atom. The molecule has 1 fully saturated rings. The van der Waals surface area contributed by atoms with E-state index < -0.39 is 0 Å². The molecule has 0 saturated heterocycles. The number of unbranched alkanes of at least 4 members (excludes halogenated alkanes) is 1. The molecule has 1 heterocycles. The van der Waals surface area contributed by atoms with Gasteiger partial charge in [-0.25, -0.2) is 4.39 Å². The second-order valence-corrected chi connectivity index (χ2v) is 10.5. The van der Waals surface area contributed by atoms with Crippen LogP contribution in [0.1, 0.15) is 96.6 Å². The van der Waals surface area contributed by atoms with Gasteiger partial charge < -0.3 is 5.32 Å². The van der Waals surface area contributed by atoms with Gasteiger partial charge in [-0.2, -0.15) is 0 Å². The van der Waals surface area contributed by atoms with Crippen LogP contribution in [0, 0.1) is 16.6 Å². The highest BCUT2D eigenvalue weighted by molar-refractivity contribution is 5.85. The molecular weight excluding hydrogens is 369 g/mol. The van der Waals surface area contributed by atoms with Crippen molar-refractivity contribution in [3.63, 3.8) is 0 Å². The van der Waals surface area contributed by atoms with Gasteiger partial charge in [0.25, 0.3) is 0 Å². The fourth-order valence-corrected chi connectivity index (χ4v) is 5.93. The number of hydrogen-bond donors (Lipinski definition) is 1. The number of rotatable bonds is 5. The summed E-state index contributed by atoms with van der Waals surface area (Å²) in [4.78, 5) is 0. The molecule has 158 valence electrons. The van der Waals surface area contributed by atoms with Gasteiger partial charge in [0, 0.05) is 12.6 Å². The molecule has 1 aromatic carbocycles. The van der Waals surface area contributed by atoms with Gasteiger partial charge in [-0.05, 0) is 71.6 Å². The Morgan fingerprint density at radius 1 is 1.11 bits per heavy atom. The van der Waals surface area contributed by atoms with E-state index in [0.717, 1.165) is 31.4 Å². The Morgan fingerprint density at radius 2 is 1.79 bits per heavy atom. The van der Waals surface area contributed by atoms with Crippen molar-refractivity contribution in [1.82, 2.24) is 5.32 Å². The maximum absolute atomic E-state index is 15.2. The maximum Gasteiger partial charge on any atom is 0.127 e. The van der Waals surface area contributed by atoms with Crippen molar-refractivity contribution in [1.29, 1.82) is 0 Å². The average Bonchev–Trinajstić information content (AvgIpc) is 2.57. The van der Waals surface area contributed by atoms with Crippen molar-refractivity contribution < 1.29 is 4.39 Å². The largest absolute Gasteiger partial charge is 0.310 e. The van der Waals surface area contributed by atoms with Crippen LogP contribution in [0.4, 0.5) is 4.39 Å². The Hall–Kier alpha value is -0.860. The van der Waals surface area contributed by atoms with E-state index in [1.54, 1.807) is 6.07 Å². The molecule has 28 heavy (non-hydrogen) atoms. The van der Waals surface area contributed by atoms with Crippen LogP contribution in [0.2, 0.25) is 0 Å². The van der Waals surface area contributed by atoms with Crippen LogP contribution in [-0.2, 0) is 0 Å². The number of benzene rings is 1. The lowest BCUT2D eigenvalue weighted by atomic mass is 9.59. The highest BCUT2D eigenvalue weighted by atomic mass is 35.5. The minimum atomic E-state index is -0.00413. The Kier molecular flexibility index (Phi) is 7.78. The summed E-state index contributed by atoms with van der Waals surface area (Å²) in [6, 6.07) is 6.27. The molecular formula is C25H39ClFN. The van der Waals surface area contributed by atoms with E-state index in [1.165, 1.54) is 36.8 Å². The summed E-state index contributed by atoms with van der Waals surface area (Å²) in [6.45, 7) is 12.6. The standard InChI is InChI=1S/C25H38FN.ClH/c1-6-7-9-20-14-18(12-13-27-20)21-10-8-11-22(26)23(21)19-15-24(2,3)17-25(4,5)16-19;/h8,10-12,19-20,27H,6-7,9,13-17H2,1-5H3;1H. The second-order valence-electron chi connectivity index (χ2n) is 10.5. The van der Waals surface area contributed by atoms with Crippen LogP contribution in [0.15, 0.2) is 24.3 Å². The molecule has 1 aliphatic carbocycles. The number of halogens is 2. The van der Waals surface area contributed by atoms with Crippen LogP contribution in [0.25, 0.3) is 5.57 Å². The van der Waals surface area contributed by atoms with Gasteiger partial charge in [0.15, 0.2) is 0 Å². The lowest BCUT2D eigenvalue weighted by molar-refractivity contribution is 0.0956. The van der Waals surface area contributed by atoms with Crippen molar-refractivity contribution in [2.24, 2.45) is 10.8 Å². The molecule has 1 nitrogen and oxygen atoms in total. The smallest absolute Gasteiger partial charge is 0.127 e. The zero-order chi connectivity index (χ0) is 19.7. The van der Waals surface area contributed by atoms with Gasteiger partial charge in [0.1, 0.15) is 5.82 Å². The highest BCUT2D eigenvalue weighted by Crippen LogP contribution is 2.53. The van der Waals surface area contributed by atoms with Gasteiger partial charge >= 0.3 is 0 Å². The molecule has 0 bridgehead atoms. The van der Waals surface area contributed by atoms with Gasteiger partial charge in [0.2, 0.25) is 0 Å². The van der Waals surface area contributed by atoms with Crippen molar-refractivity contribution in [3.8, 4) is 0 Å². The lowest BCUT2D eigenvalue weighted by Crippen LogP contribution is -2.34. The van der Waals surface area contributed by atoms with Crippen molar-refractivity contribution in [2.45, 2.75) is 91.5 Å². The Labute approximate surface area is 178 Å². The normalized spacial score (nSPS) is 24.4. The van der Waals surface area contributed by atoms with E-state index in [0.29, 0.717) is 12.0 Å². The molecule has 0 spiro atoms. The molecule has 1 saturated carbocycles. The minimum Gasteiger partial charge on any atom is -0.310 e. The molecule has 1 N–H and O–H groups in total. The molecule has 1 atom stereocenters. The van der Waals surface area contributed by atoms with E-state index in [-0.39, 0.29) is 29.1 Å². The zero-order valence-corrected chi connectivity index (χ0v) is 19.2. The molecule has 2 aliphatic rings. The molecule has 1 unspecified atom stereocenters. The van der Waals surface area contributed by atoms with Crippen molar-refractivity contribution >= 4 is 18.0 Å². The molecule has 3 rings (SSSR count). The summed E-state index contributed by atoms with van der Waals surface area (Å²) >= 11 is 0. The van der Waals surface area contributed by atoms with E-state index in [9.17, 15) is 0 Å². The third kappa shape index (κ3) is 5.60. The fourth-order valence-electron chi connectivity index (χ4n) is 5.93. The molecule has 0 radical (unpaired) electrons. The van der Waals surface area contributed by atoms with Crippen LogP contribution in [0.5, 0.6) is 0 Å². The average molecular weight is 408 g/mol. The first-order chi connectivity index (χ1) is 12.7. The quantitative estimate of drug-likeness (QED) is 0.532. The monoisotopic (exact) mass is 407 g/mol. The van der Waals surface area contributed by atoms with Crippen LogP contribution in [0.3, 0.4) is 0 Å². The summed E-state index contributed by atoms with van der Waals surface area (Å²) in [6.07, 6.45) is 10.4. The Bertz CT molecular complexity index is 676. The SMILES string of the molecule is CCCCC1CC(c2cccc(F)c2C2CC(C)(C)CC(C)(C)C2)=CCN1.Cl. The summed E-state index contributed by atoms with van der Waals surface area (Å²) < 4.78 is 15.2. The molecule has 1 aliphatic heterocycles. The lowest BCUT2D eigenvalue weighted by Gasteiger charge is -2.45. The van der Waals surface area contributed by atoms with E-state index in [1.807, 2.05) is 6.07 Å². The highest BCUT2D eigenvalue weighted by Gasteiger charge is 2.40. The Balaban J connectivity index is 0.00000280. The van der Waals surface area contributed by atoms with E-state index in [2.05, 4.69) is 52.1 Å². The summed E-state index contributed by atoms with van der Waals surface area (Å²) in [5.41, 5.74) is 4.04. The molecule has 3 heteroatoms. The van der Waals surface area contributed by atoms with E-state index >= 15 is 4.39 Å².